The van der Waals surface area contributed by atoms with Crippen molar-refractivity contribution < 1.29 is 9.53 Å². The van der Waals surface area contributed by atoms with Crippen LogP contribution in [0.2, 0.25) is 5.02 Å². The number of carbonyl (C=O) groups is 1. The third-order valence-corrected chi connectivity index (χ3v) is 6.09. The first kappa shape index (κ1) is 24.4. The molecule has 0 fully saturated rings. The summed E-state index contributed by atoms with van der Waals surface area (Å²) in [4.78, 5) is 21.6. The van der Waals surface area contributed by atoms with Crippen LogP contribution in [-0.2, 0) is 4.79 Å². The van der Waals surface area contributed by atoms with Crippen LogP contribution in [0.15, 0.2) is 36.4 Å². The van der Waals surface area contributed by atoms with E-state index in [0.29, 0.717) is 22.4 Å². The molecule has 0 saturated heterocycles. The van der Waals surface area contributed by atoms with Gasteiger partial charge < -0.3 is 9.64 Å². The number of benzene rings is 2. The van der Waals surface area contributed by atoms with Gasteiger partial charge in [0.05, 0.1) is 10.2 Å². The summed E-state index contributed by atoms with van der Waals surface area (Å²) in [6.07, 6.45) is 0.846. The standard InChI is InChI=1S/C22H26ClN3O2S.ClH/c1-15-6-8-17(9-7-15)28-14-20(27)26(13-5-12-25(3)4)22-24-21-16(2)18(23)10-11-19(21)29-22;/h6-11H,5,12-14H2,1-4H3;1H. The average molecular weight is 468 g/mol. The Morgan fingerprint density at radius 3 is 2.47 bits per heavy atom. The number of carbonyl (C=O) groups excluding carboxylic acids is 1. The number of anilines is 1. The summed E-state index contributed by atoms with van der Waals surface area (Å²) in [5.41, 5.74) is 2.93. The van der Waals surface area contributed by atoms with Gasteiger partial charge in [-0.2, -0.15) is 0 Å². The number of rotatable bonds is 8. The molecule has 0 unspecified atom stereocenters. The van der Waals surface area contributed by atoms with Crippen molar-refractivity contribution in [3.8, 4) is 5.75 Å². The Hall–Kier alpha value is -1.86. The molecule has 0 aliphatic carbocycles. The van der Waals surface area contributed by atoms with Gasteiger partial charge in [-0.15, -0.1) is 12.4 Å². The van der Waals surface area contributed by atoms with Gasteiger partial charge in [0.2, 0.25) is 0 Å². The Kier molecular flexibility index (Phi) is 8.92. The lowest BCUT2D eigenvalue weighted by molar-refractivity contribution is -0.120. The highest BCUT2D eigenvalue weighted by Gasteiger charge is 2.21. The van der Waals surface area contributed by atoms with Crippen LogP contribution in [-0.4, -0.2) is 49.6 Å². The van der Waals surface area contributed by atoms with Crippen molar-refractivity contribution in [3.05, 3.63) is 52.5 Å². The first-order chi connectivity index (χ1) is 13.8. The van der Waals surface area contributed by atoms with E-state index in [1.54, 1.807) is 4.90 Å². The Bertz CT molecular complexity index is 990. The summed E-state index contributed by atoms with van der Waals surface area (Å²) in [7, 11) is 4.05. The molecule has 30 heavy (non-hydrogen) atoms. The summed E-state index contributed by atoms with van der Waals surface area (Å²) >= 11 is 7.75. The van der Waals surface area contributed by atoms with Crippen molar-refractivity contribution in [1.29, 1.82) is 0 Å². The maximum atomic E-state index is 13.0. The van der Waals surface area contributed by atoms with Gasteiger partial charge in [0.25, 0.3) is 5.91 Å². The van der Waals surface area contributed by atoms with Crippen molar-refractivity contribution in [2.24, 2.45) is 0 Å². The normalized spacial score (nSPS) is 10.9. The van der Waals surface area contributed by atoms with E-state index in [0.717, 1.165) is 34.3 Å². The monoisotopic (exact) mass is 467 g/mol. The number of hydrogen-bond acceptors (Lipinski definition) is 5. The maximum absolute atomic E-state index is 13.0. The van der Waals surface area contributed by atoms with E-state index in [2.05, 4.69) is 4.90 Å². The van der Waals surface area contributed by atoms with Crippen LogP contribution >= 0.6 is 35.3 Å². The van der Waals surface area contributed by atoms with Gasteiger partial charge in [-0.3, -0.25) is 9.69 Å². The minimum absolute atomic E-state index is 0. The second-order valence-electron chi connectivity index (χ2n) is 7.32. The van der Waals surface area contributed by atoms with E-state index in [4.69, 9.17) is 21.3 Å². The van der Waals surface area contributed by atoms with E-state index in [9.17, 15) is 4.79 Å². The molecule has 0 atom stereocenters. The predicted molar refractivity (Wildman–Crippen MR) is 129 cm³/mol. The van der Waals surface area contributed by atoms with Crippen LogP contribution in [0.5, 0.6) is 5.75 Å². The zero-order valence-electron chi connectivity index (χ0n) is 17.6. The fourth-order valence-corrected chi connectivity index (χ4v) is 4.15. The summed E-state index contributed by atoms with van der Waals surface area (Å²) in [6, 6.07) is 11.5. The second-order valence-corrected chi connectivity index (χ2v) is 8.74. The largest absolute Gasteiger partial charge is 0.484 e. The molecule has 0 bridgehead atoms. The van der Waals surface area contributed by atoms with E-state index in [1.807, 2.05) is 64.3 Å². The number of fused-ring (bicyclic) bond motifs is 1. The number of halogens is 2. The number of amides is 1. The van der Waals surface area contributed by atoms with Gasteiger partial charge in [0.15, 0.2) is 11.7 Å². The van der Waals surface area contributed by atoms with E-state index in [1.165, 1.54) is 11.3 Å². The Morgan fingerprint density at radius 1 is 1.10 bits per heavy atom. The van der Waals surface area contributed by atoms with Crippen LogP contribution < -0.4 is 9.64 Å². The van der Waals surface area contributed by atoms with Gasteiger partial charge in [0, 0.05) is 11.6 Å². The summed E-state index contributed by atoms with van der Waals surface area (Å²) in [5, 5.41) is 1.36. The van der Waals surface area contributed by atoms with Crippen molar-refractivity contribution in [1.82, 2.24) is 9.88 Å². The first-order valence-corrected chi connectivity index (χ1v) is 10.7. The van der Waals surface area contributed by atoms with Gasteiger partial charge in [-0.05, 0) is 70.7 Å². The quantitative estimate of drug-likeness (QED) is 0.447. The molecule has 162 valence electrons. The molecule has 1 amide bonds. The number of nitrogens with zero attached hydrogens (tertiary/aromatic N) is 3. The molecule has 1 aromatic heterocycles. The first-order valence-electron chi connectivity index (χ1n) is 9.55. The van der Waals surface area contributed by atoms with Gasteiger partial charge >= 0.3 is 0 Å². The molecule has 0 N–H and O–H groups in total. The number of aromatic nitrogens is 1. The van der Waals surface area contributed by atoms with Crippen LogP contribution in [0.4, 0.5) is 5.13 Å². The molecule has 2 aromatic carbocycles. The number of thiazole rings is 1. The predicted octanol–water partition coefficient (Wildman–Crippen LogP) is 5.35. The molecule has 0 aliphatic rings. The molecule has 8 heteroatoms. The number of ether oxygens (including phenoxy) is 1. The van der Waals surface area contributed by atoms with Crippen LogP contribution in [0.25, 0.3) is 10.2 Å². The lowest BCUT2D eigenvalue weighted by atomic mass is 10.2. The highest BCUT2D eigenvalue weighted by molar-refractivity contribution is 7.22. The van der Waals surface area contributed by atoms with Gasteiger partial charge in [-0.25, -0.2) is 4.98 Å². The fourth-order valence-electron chi connectivity index (χ4n) is 2.93. The minimum atomic E-state index is -0.105. The Labute approximate surface area is 193 Å². The maximum Gasteiger partial charge on any atom is 0.266 e. The Morgan fingerprint density at radius 2 is 1.80 bits per heavy atom. The smallest absolute Gasteiger partial charge is 0.266 e. The molecule has 0 saturated carbocycles. The fraction of sp³-hybridized carbons (Fsp3) is 0.364. The molecule has 5 nitrogen and oxygen atoms in total. The summed E-state index contributed by atoms with van der Waals surface area (Å²) in [5.74, 6) is 0.580. The van der Waals surface area contributed by atoms with E-state index in [-0.39, 0.29) is 24.9 Å². The zero-order chi connectivity index (χ0) is 21.0. The Balaban J connectivity index is 0.00000320. The summed E-state index contributed by atoms with van der Waals surface area (Å²) < 4.78 is 6.74. The number of aryl methyl sites for hydroxylation is 2. The highest BCUT2D eigenvalue weighted by Crippen LogP contribution is 2.33. The third kappa shape index (κ3) is 6.08. The van der Waals surface area contributed by atoms with Gasteiger partial charge in [0.1, 0.15) is 5.75 Å². The molecule has 3 aromatic rings. The molecule has 0 radical (unpaired) electrons. The van der Waals surface area contributed by atoms with Gasteiger partial charge in [-0.1, -0.05) is 40.6 Å². The zero-order valence-corrected chi connectivity index (χ0v) is 20.0. The van der Waals surface area contributed by atoms with E-state index >= 15 is 0 Å². The molecule has 0 aliphatic heterocycles. The average Bonchev–Trinajstić information content (AvgIpc) is 3.12. The van der Waals surface area contributed by atoms with Crippen LogP contribution in [0, 0.1) is 13.8 Å². The lowest BCUT2D eigenvalue weighted by Crippen LogP contribution is -2.36. The van der Waals surface area contributed by atoms with Crippen molar-refractivity contribution >= 4 is 56.6 Å². The third-order valence-electron chi connectivity index (χ3n) is 4.64. The molecular weight excluding hydrogens is 441 g/mol. The lowest BCUT2D eigenvalue weighted by Gasteiger charge is -2.21. The minimum Gasteiger partial charge on any atom is -0.484 e. The second kappa shape index (κ2) is 11.0. The highest BCUT2D eigenvalue weighted by atomic mass is 35.5. The van der Waals surface area contributed by atoms with E-state index < -0.39 is 0 Å². The van der Waals surface area contributed by atoms with Crippen molar-refractivity contribution in [2.75, 3.05) is 38.7 Å². The van der Waals surface area contributed by atoms with Crippen LogP contribution in [0.1, 0.15) is 17.5 Å². The summed E-state index contributed by atoms with van der Waals surface area (Å²) in [6.45, 7) is 5.41. The molecule has 0 spiro atoms. The topological polar surface area (TPSA) is 45.7 Å². The molecule has 1 heterocycles. The van der Waals surface area contributed by atoms with Crippen LogP contribution in [0.3, 0.4) is 0 Å². The SMILES string of the molecule is Cc1ccc(OCC(=O)N(CCCN(C)C)c2nc3c(C)c(Cl)ccc3s2)cc1.Cl. The molecular formula is C22H27Cl2N3O2S. The van der Waals surface area contributed by atoms with Crippen molar-refractivity contribution in [2.45, 2.75) is 20.3 Å². The number of hydrogen-bond donors (Lipinski definition) is 0. The van der Waals surface area contributed by atoms with Crippen molar-refractivity contribution in [3.63, 3.8) is 0 Å². The molecule has 3 rings (SSSR count).